The summed E-state index contributed by atoms with van der Waals surface area (Å²) in [6, 6.07) is 4.73. The van der Waals surface area contributed by atoms with E-state index in [1.165, 1.54) is 4.88 Å². The maximum Gasteiger partial charge on any atom is 0.0613 e. The molecule has 1 rings (SSSR count). The van der Waals surface area contributed by atoms with Crippen molar-refractivity contribution < 1.29 is 4.74 Å². The predicted octanol–water partition coefficient (Wildman–Crippen LogP) is 2.48. The Morgan fingerprint density at radius 2 is 2.29 bits per heavy atom. The second-order valence-electron chi connectivity index (χ2n) is 3.68. The van der Waals surface area contributed by atoms with Gasteiger partial charge in [0.1, 0.15) is 0 Å². The van der Waals surface area contributed by atoms with Gasteiger partial charge in [-0.2, -0.15) is 0 Å². The van der Waals surface area contributed by atoms with Gasteiger partial charge in [0.05, 0.1) is 6.61 Å². The molecule has 14 heavy (non-hydrogen) atoms. The summed E-state index contributed by atoms with van der Waals surface area (Å²) in [4.78, 5) is 1.45. The van der Waals surface area contributed by atoms with Gasteiger partial charge in [0.15, 0.2) is 0 Å². The number of methoxy groups -OCH3 is 1. The molecule has 1 N–H and O–H groups in total. The second-order valence-corrected chi connectivity index (χ2v) is 4.66. The topological polar surface area (TPSA) is 21.3 Å². The smallest absolute Gasteiger partial charge is 0.0613 e. The molecule has 0 amide bonds. The van der Waals surface area contributed by atoms with Crippen LogP contribution in [0.4, 0.5) is 0 Å². The number of ether oxygens (including phenoxy) is 1. The van der Waals surface area contributed by atoms with E-state index in [0.717, 1.165) is 13.2 Å². The molecule has 0 aliphatic carbocycles. The van der Waals surface area contributed by atoms with Crippen molar-refractivity contribution in [1.29, 1.82) is 0 Å². The molecule has 0 unspecified atom stereocenters. The second kappa shape index (κ2) is 6.17. The van der Waals surface area contributed by atoms with Crippen LogP contribution in [-0.2, 0) is 4.74 Å². The van der Waals surface area contributed by atoms with Crippen molar-refractivity contribution in [3.05, 3.63) is 22.4 Å². The molecular weight excluding hydrogens is 194 g/mol. The lowest BCUT2D eigenvalue weighted by Gasteiger charge is -2.16. The average molecular weight is 213 g/mol. The van der Waals surface area contributed by atoms with E-state index in [0.29, 0.717) is 12.0 Å². The van der Waals surface area contributed by atoms with Crippen LogP contribution in [-0.4, -0.2) is 26.3 Å². The molecule has 2 nitrogen and oxygen atoms in total. The van der Waals surface area contributed by atoms with Gasteiger partial charge in [0, 0.05) is 30.5 Å². The van der Waals surface area contributed by atoms with Crippen LogP contribution < -0.4 is 5.32 Å². The van der Waals surface area contributed by atoms with Crippen molar-refractivity contribution in [2.75, 3.05) is 20.3 Å². The molecule has 0 spiro atoms. The summed E-state index contributed by atoms with van der Waals surface area (Å²) >= 11 is 1.82. The van der Waals surface area contributed by atoms with Crippen molar-refractivity contribution in [3.63, 3.8) is 0 Å². The summed E-state index contributed by atoms with van der Waals surface area (Å²) in [5.41, 5.74) is 0. The van der Waals surface area contributed by atoms with E-state index in [4.69, 9.17) is 4.74 Å². The standard InChI is InChI=1S/C11H19NOS/c1-9(11-5-4-6-14-11)7-12-10(2)8-13-3/h4-6,9-10,12H,7-8H2,1-3H3/t9-,10+/m0/s1. The minimum atomic E-state index is 0.433. The first-order valence-corrected chi connectivity index (χ1v) is 5.87. The quantitative estimate of drug-likeness (QED) is 0.784. The third kappa shape index (κ3) is 3.78. The van der Waals surface area contributed by atoms with Crippen LogP contribution in [0.15, 0.2) is 17.5 Å². The Bertz CT molecular complexity index is 235. The zero-order valence-corrected chi connectivity index (χ0v) is 9.93. The molecule has 1 heterocycles. The van der Waals surface area contributed by atoms with Gasteiger partial charge in [-0.3, -0.25) is 0 Å². The summed E-state index contributed by atoms with van der Waals surface area (Å²) in [5.74, 6) is 0.592. The molecular formula is C11H19NOS. The van der Waals surface area contributed by atoms with Crippen molar-refractivity contribution in [1.82, 2.24) is 5.32 Å². The first-order chi connectivity index (χ1) is 6.74. The van der Waals surface area contributed by atoms with Gasteiger partial charge in [0.2, 0.25) is 0 Å². The highest BCUT2D eigenvalue weighted by molar-refractivity contribution is 7.10. The van der Waals surface area contributed by atoms with Gasteiger partial charge in [-0.1, -0.05) is 13.0 Å². The Hall–Kier alpha value is -0.380. The third-order valence-electron chi connectivity index (χ3n) is 2.22. The van der Waals surface area contributed by atoms with Crippen LogP contribution in [0.2, 0.25) is 0 Å². The summed E-state index contributed by atoms with van der Waals surface area (Å²) in [5, 5.41) is 5.58. The minimum Gasteiger partial charge on any atom is -0.383 e. The van der Waals surface area contributed by atoms with Gasteiger partial charge in [0.25, 0.3) is 0 Å². The zero-order chi connectivity index (χ0) is 10.4. The number of rotatable bonds is 6. The van der Waals surface area contributed by atoms with Crippen LogP contribution in [0, 0.1) is 0 Å². The van der Waals surface area contributed by atoms with Crippen LogP contribution in [0.25, 0.3) is 0 Å². The molecule has 0 saturated heterocycles. The molecule has 0 aliphatic rings. The Balaban J connectivity index is 2.24. The number of hydrogen-bond donors (Lipinski definition) is 1. The monoisotopic (exact) mass is 213 g/mol. The molecule has 3 heteroatoms. The van der Waals surface area contributed by atoms with Crippen molar-refractivity contribution in [2.45, 2.75) is 25.8 Å². The van der Waals surface area contributed by atoms with Crippen LogP contribution in [0.5, 0.6) is 0 Å². The summed E-state index contributed by atoms with van der Waals surface area (Å²) in [6.07, 6.45) is 0. The van der Waals surface area contributed by atoms with Crippen molar-refractivity contribution in [2.24, 2.45) is 0 Å². The Morgan fingerprint density at radius 3 is 2.86 bits per heavy atom. The molecule has 2 atom stereocenters. The highest BCUT2D eigenvalue weighted by atomic mass is 32.1. The molecule has 0 saturated carbocycles. The van der Waals surface area contributed by atoms with E-state index >= 15 is 0 Å². The van der Waals surface area contributed by atoms with E-state index in [2.05, 4.69) is 36.7 Å². The molecule has 1 aromatic rings. The van der Waals surface area contributed by atoms with Gasteiger partial charge < -0.3 is 10.1 Å². The van der Waals surface area contributed by atoms with Crippen molar-refractivity contribution in [3.8, 4) is 0 Å². The fourth-order valence-electron chi connectivity index (χ4n) is 1.36. The molecule has 0 aliphatic heterocycles. The number of thiophene rings is 1. The molecule has 1 aromatic heterocycles. The van der Waals surface area contributed by atoms with Crippen molar-refractivity contribution >= 4 is 11.3 Å². The average Bonchev–Trinajstić information content (AvgIpc) is 2.67. The molecule has 0 aromatic carbocycles. The van der Waals surface area contributed by atoms with Gasteiger partial charge in [-0.25, -0.2) is 0 Å². The fraction of sp³-hybridized carbons (Fsp3) is 0.636. The minimum absolute atomic E-state index is 0.433. The number of hydrogen-bond acceptors (Lipinski definition) is 3. The highest BCUT2D eigenvalue weighted by Crippen LogP contribution is 2.19. The van der Waals surface area contributed by atoms with E-state index in [-0.39, 0.29) is 0 Å². The lowest BCUT2D eigenvalue weighted by Crippen LogP contribution is -2.32. The van der Waals surface area contributed by atoms with Crippen LogP contribution in [0.3, 0.4) is 0 Å². The lowest BCUT2D eigenvalue weighted by molar-refractivity contribution is 0.172. The molecule has 0 fully saturated rings. The summed E-state index contributed by atoms with van der Waals surface area (Å²) < 4.78 is 5.07. The van der Waals surface area contributed by atoms with Gasteiger partial charge >= 0.3 is 0 Å². The SMILES string of the molecule is COC[C@@H](C)NC[C@H](C)c1cccs1. The Labute approximate surface area is 90.3 Å². The van der Waals surface area contributed by atoms with Crippen LogP contribution >= 0.6 is 11.3 Å². The van der Waals surface area contributed by atoms with E-state index in [9.17, 15) is 0 Å². The van der Waals surface area contributed by atoms with Gasteiger partial charge in [-0.15, -0.1) is 11.3 Å². The summed E-state index contributed by atoms with van der Waals surface area (Å²) in [7, 11) is 1.74. The number of nitrogens with one attached hydrogen (secondary N) is 1. The zero-order valence-electron chi connectivity index (χ0n) is 9.12. The molecule has 80 valence electrons. The lowest BCUT2D eigenvalue weighted by atomic mass is 10.1. The maximum absolute atomic E-state index is 5.07. The Kier molecular flexibility index (Phi) is 5.15. The first-order valence-electron chi connectivity index (χ1n) is 4.99. The third-order valence-corrected chi connectivity index (χ3v) is 3.32. The maximum atomic E-state index is 5.07. The molecule has 0 radical (unpaired) electrons. The predicted molar refractivity (Wildman–Crippen MR) is 62.1 cm³/mol. The van der Waals surface area contributed by atoms with E-state index in [1.54, 1.807) is 7.11 Å². The highest BCUT2D eigenvalue weighted by Gasteiger charge is 2.07. The van der Waals surface area contributed by atoms with Crippen LogP contribution in [0.1, 0.15) is 24.6 Å². The largest absolute Gasteiger partial charge is 0.383 e. The first kappa shape index (κ1) is 11.7. The van der Waals surface area contributed by atoms with E-state index < -0.39 is 0 Å². The Morgan fingerprint density at radius 1 is 1.50 bits per heavy atom. The van der Waals surface area contributed by atoms with E-state index in [1.807, 2.05) is 11.3 Å². The normalized spacial score (nSPS) is 15.4. The fourth-order valence-corrected chi connectivity index (χ4v) is 2.15. The van der Waals surface area contributed by atoms with Gasteiger partial charge in [-0.05, 0) is 18.4 Å². The molecule has 0 bridgehead atoms. The summed E-state index contributed by atoms with van der Waals surface area (Å²) in [6.45, 7) is 6.19.